The Labute approximate surface area is 108 Å². The first-order valence-corrected chi connectivity index (χ1v) is 5.71. The Kier molecular flexibility index (Phi) is 3.61. The molecule has 6 heteroatoms. The minimum atomic E-state index is -0.598. The fourth-order valence-corrected chi connectivity index (χ4v) is 1.61. The minimum Gasteiger partial charge on any atom is -0.325 e. The highest BCUT2D eigenvalue weighted by Crippen LogP contribution is 2.04. The van der Waals surface area contributed by atoms with Crippen molar-refractivity contribution in [3.8, 4) is 0 Å². The normalized spacial score (nSPS) is 10.2. The highest BCUT2D eigenvalue weighted by molar-refractivity contribution is 5.90. The number of aryl methyl sites for hydroxylation is 1. The van der Waals surface area contributed by atoms with Crippen molar-refractivity contribution in [1.82, 2.24) is 9.55 Å². The largest absolute Gasteiger partial charge is 0.328 e. The molecule has 98 valence electrons. The van der Waals surface area contributed by atoms with Crippen LogP contribution in [0.5, 0.6) is 0 Å². The summed E-state index contributed by atoms with van der Waals surface area (Å²) in [5.41, 5.74) is -0.00247. The van der Waals surface area contributed by atoms with E-state index < -0.39 is 11.2 Å². The van der Waals surface area contributed by atoms with E-state index in [0.29, 0.717) is 11.3 Å². The Morgan fingerprint density at radius 3 is 2.63 bits per heavy atom. The first-order chi connectivity index (χ1) is 9.06. The maximum absolute atomic E-state index is 11.8. The fraction of sp³-hybridized carbons (Fsp3) is 0.154. The van der Waals surface area contributed by atoms with Gasteiger partial charge in [-0.25, -0.2) is 4.79 Å². The van der Waals surface area contributed by atoms with Crippen LogP contribution < -0.4 is 16.6 Å². The standard InChI is InChI=1S/C13H13N3O3/c1-9-7-16(13(19)15-12(9)18)8-11(17)14-10-5-3-2-4-6-10/h2-7H,8H2,1H3,(H,14,17)(H,15,18,19). The minimum absolute atomic E-state index is 0.147. The second-order valence-corrected chi connectivity index (χ2v) is 4.11. The number of carbonyl (C=O) groups excluding carboxylic acids is 1. The number of benzene rings is 1. The van der Waals surface area contributed by atoms with E-state index in [4.69, 9.17) is 0 Å². The molecule has 2 N–H and O–H groups in total. The average Bonchev–Trinajstić information content (AvgIpc) is 2.37. The molecule has 2 rings (SSSR count). The van der Waals surface area contributed by atoms with Gasteiger partial charge in [-0.05, 0) is 19.1 Å². The third-order valence-electron chi connectivity index (χ3n) is 2.56. The SMILES string of the molecule is Cc1cn(CC(=O)Nc2ccccc2)c(=O)[nH]c1=O. The van der Waals surface area contributed by atoms with E-state index in [1.54, 1.807) is 31.2 Å². The van der Waals surface area contributed by atoms with E-state index in [0.717, 1.165) is 4.57 Å². The van der Waals surface area contributed by atoms with Gasteiger partial charge in [0.15, 0.2) is 0 Å². The Morgan fingerprint density at radius 1 is 1.26 bits per heavy atom. The topological polar surface area (TPSA) is 84.0 Å². The first kappa shape index (κ1) is 12.8. The van der Waals surface area contributed by atoms with Crippen molar-refractivity contribution in [2.75, 3.05) is 5.32 Å². The summed E-state index contributed by atoms with van der Waals surface area (Å²) < 4.78 is 1.16. The maximum atomic E-state index is 11.8. The number of aromatic amines is 1. The predicted octanol–water partition coefficient (Wildman–Crippen LogP) is 0.484. The third-order valence-corrected chi connectivity index (χ3v) is 2.56. The van der Waals surface area contributed by atoms with Crippen molar-refractivity contribution in [3.05, 3.63) is 62.9 Å². The van der Waals surface area contributed by atoms with Crippen LogP contribution in [0.15, 0.2) is 46.1 Å². The fourth-order valence-electron chi connectivity index (χ4n) is 1.61. The molecule has 6 nitrogen and oxygen atoms in total. The molecule has 1 amide bonds. The molecule has 0 aliphatic rings. The summed E-state index contributed by atoms with van der Waals surface area (Å²) in [5.74, 6) is -0.334. The van der Waals surface area contributed by atoms with Crippen LogP contribution in [0.3, 0.4) is 0 Å². The van der Waals surface area contributed by atoms with Gasteiger partial charge in [0.2, 0.25) is 5.91 Å². The molecule has 1 aromatic carbocycles. The number of aromatic nitrogens is 2. The lowest BCUT2D eigenvalue weighted by Crippen LogP contribution is -2.34. The number of hydrogen-bond donors (Lipinski definition) is 2. The van der Waals surface area contributed by atoms with E-state index in [2.05, 4.69) is 10.3 Å². The second kappa shape index (κ2) is 5.34. The summed E-state index contributed by atoms with van der Waals surface area (Å²) in [6.07, 6.45) is 1.37. The van der Waals surface area contributed by atoms with Crippen LogP contribution in [0.1, 0.15) is 5.56 Å². The summed E-state index contributed by atoms with van der Waals surface area (Å²) in [6, 6.07) is 8.93. The van der Waals surface area contributed by atoms with Crippen molar-refractivity contribution in [3.63, 3.8) is 0 Å². The number of para-hydroxylation sites is 1. The van der Waals surface area contributed by atoms with Gasteiger partial charge in [-0.3, -0.25) is 19.1 Å². The first-order valence-electron chi connectivity index (χ1n) is 5.71. The number of carbonyl (C=O) groups is 1. The molecule has 0 unspecified atom stereocenters. The summed E-state index contributed by atoms with van der Waals surface area (Å²) >= 11 is 0. The summed E-state index contributed by atoms with van der Waals surface area (Å²) in [4.78, 5) is 36.6. The van der Waals surface area contributed by atoms with Gasteiger partial charge < -0.3 is 5.32 Å². The molecule has 1 heterocycles. The van der Waals surface area contributed by atoms with E-state index in [9.17, 15) is 14.4 Å². The zero-order chi connectivity index (χ0) is 13.8. The van der Waals surface area contributed by atoms with E-state index in [1.165, 1.54) is 6.20 Å². The second-order valence-electron chi connectivity index (χ2n) is 4.11. The Bertz CT molecular complexity index is 701. The van der Waals surface area contributed by atoms with Crippen molar-refractivity contribution in [2.45, 2.75) is 13.5 Å². The zero-order valence-corrected chi connectivity index (χ0v) is 10.3. The molecular formula is C13H13N3O3. The predicted molar refractivity (Wildman–Crippen MR) is 71.1 cm³/mol. The Morgan fingerprint density at radius 2 is 1.95 bits per heavy atom. The molecule has 1 aromatic heterocycles. The maximum Gasteiger partial charge on any atom is 0.328 e. The number of H-pyrrole nitrogens is 1. The van der Waals surface area contributed by atoms with E-state index >= 15 is 0 Å². The van der Waals surface area contributed by atoms with Gasteiger partial charge in [-0.2, -0.15) is 0 Å². The van der Waals surface area contributed by atoms with E-state index in [-0.39, 0.29) is 12.5 Å². The Hall–Kier alpha value is -2.63. The molecule has 0 bridgehead atoms. The van der Waals surface area contributed by atoms with Crippen LogP contribution in [-0.2, 0) is 11.3 Å². The van der Waals surface area contributed by atoms with Gasteiger partial charge in [0.25, 0.3) is 5.56 Å². The van der Waals surface area contributed by atoms with Crippen LogP contribution in [0, 0.1) is 6.92 Å². The lowest BCUT2D eigenvalue weighted by molar-refractivity contribution is -0.116. The lowest BCUT2D eigenvalue weighted by atomic mass is 10.3. The zero-order valence-electron chi connectivity index (χ0n) is 10.3. The van der Waals surface area contributed by atoms with Crippen LogP contribution in [-0.4, -0.2) is 15.5 Å². The van der Waals surface area contributed by atoms with Crippen molar-refractivity contribution >= 4 is 11.6 Å². The molecule has 0 radical (unpaired) electrons. The van der Waals surface area contributed by atoms with Crippen LogP contribution in [0.4, 0.5) is 5.69 Å². The molecule has 19 heavy (non-hydrogen) atoms. The van der Waals surface area contributed by atoms with Crippen molar-refractivity contribution < 1.29 is 4.79 Å². The molecule has 0 aliphatic carbocycles. The van der Waals surface area contributed by atoms with Gasteiger partial charge in [0, 0.05) is 17.4 Å². The number of hydrogen-bond acceptors (Lipinski definition) is 3. The number of nitrogens with one attached hydrogen (secondary N) is 2. The molecule has 0 spiro atoms. The molecule has 0 aliphatic heterocycles. The van der Waals surface area contributed by atoms with Gasteiger partial charge >= 0.3 is 5.69 Å². The molecule has 2 aromatic rings. The monoisotopic (exact) mass is 259 g/mol. The number of nitrogens with zero attached hydrogens (tertiary/aromatic N) is 1. The van der Waals surface area contributed by atoms with Crippen molar-refractivity contribution in [2.24, 2.45) is 0 Å². The third kappa shape index (κ3) is 3.19. The molecule has 0 fully saturated rings. The summed E-state index contributed by atoms with van der Waals surface area (Å²) in [7, 11) is 0. The highest BCUT2D eigenvalue weighted by atomic mass is 16.2. The Balaban J connectivity index is 2.14. The van der Waals surface area contributed by atoms with Crippen LogP contribution in [0.2, 0.25) is 0 Å². The smallest absolute Gasteiger partial charge is 0.325 e. The van der Waals surface area contributed by atoms with Gasteiger partial charge in [-0.1, -0.05) is 18.2 Å². The summed E-state index contributed by atoms with van der Waals surface area (Å²) in [5, 5.41) is 2.66. The quantitative estimate of drug-likeness (QED) is 0.841. The number of rotatable bonds is 3. The van der Waals surface area contributed by atoms with Crippen LogP contribution in [0.25, 0.3) is 0 Å². The summed E-state index contributed by atoms with van der Waals surface area (Å²) in [6.45, 7) is 1.43. The molecule has 0 saturated heterocycles. The number of amides is 1. The van der Waals surface area contributed by atoms with Gasteiger partial charge in [0.05, 0.1) is 0 Å². The lowest BCUT2D eigenvalue weighted by Gasteiger charge is -2.07. The number of anilines is 1. The van der Waals surface area contributed by atoms with Crippen molar-refractivity contribution in [1.29, 1.82) is 0 Å². The molecule has 0 saturated carbocycles. The van der Waals surface area contributed by atoms with Gasteiger partial charge in [-0.15, -0.1) is 0 Å². The van der Waals surface area contributed by atoms with E-state index in [1.807, 2.05) is 6.07 Å². The molecular weight excluding hydrogens is 246 g/mol. The molecule has 0 atom stereocenters. The highest BCUT2D eigenvalue weighted by Gasteiger charge is 2.06. The van der Waals surface area contributed by atoms with Gasteiger partial charge in [0.1, 0.15) is 6.54 Å². The van der Waals surface area contributed by atoms with Crippen LogP contribution >= 0.6 is 0 Å². The average molecular weight is 259 g/mol.